The minimum atomic E-state index is -0.724. The summed E-state index contributed by atoms with van der Waals surface area (Å²) in [6.07, 6.45) is 4.24. The summed E-state index contributed by atoms with van der Waals surface area (Å²) in [6, 6.07) is 5.76. The van der Waals surface area contributed by atoms with Crippen molar-refractivity contribution in [2.45, 2.75) is 24.7 Å². The van der Waals surface area contributed by atoms with Gasteiger partial charge in [-0.2, -0.15) is 0 Å². The average Bonchev–Trinajstić information content (AvgIpc) is 2.53. The molecule has 0 amide bonds. The number of benzene rings is 1. The fraction of sp³-hybridized carbons (Fsp3) is 0.357. The number of hydrogen-bond acceptors (Lipinski definition) is 1. The average molecular weight is 264 g/mol. The van der Waals surface area contributed by atoms with E-state index in [4.69, 9.17) is 11.6 Å². The van der Waals surface area contributed by atoms with E-state index in [-0.39, 0.29) is 0 Å². The largest absolute Gasteiger partial charge is 0.481 e. The summed E-state index contributed by atoms with van der Waals surface area (Å²) >= 11 is 6.17. The van der Waals surface area contributed by atoms with E-state index < -0.39 is 11.4 Å². The summed E-state index contributed by atoms with van der Waals surface area (Å²) in [5.41, 5.74) is 1.13. The van der Waals surface area contributed by atoms with Gasteiger partial charge in [0.25, 0.3) is 0 Å². The monoisotopic (exact) mass is 263 g/mol. The molecule has 0 unspecified atom stereocenters. The molecule has 1 aliphatic carbocycles. The highest BCUT2D eigenvalue weighted by atomic mass is 35.5. The molecule has 0 atom stereocenters. The van der Waals surface area contributed by atoms with Crippen LogP contribution in [-0.4, -0.2) is 15.6 Å². The number of nitrogens with zero attached hydrogens (tertiary/aromatic N) is 1. The Kier molecular flexibility index (Phi) is 2.42. The van der Waals surface area contributed by atoms with Crippen LogP contribution in [0, 0.1) is 0 Å². The third-order valence-electron chi connectivity index (χ3n) is 4.09. The number of carboxylic acids is 1. The summed E-state index contributed by atoms with van der Waals surface area (Å²) in [5.74, 6) is -0.724. The summed E-state index contributed by atoms with van der Waals surface area (Å²) < 4.78 is 1.93. The maximum atomic E-state index is 11.6. The number of aryl methyl sites for hydroxylation is 1. The van der Waals surface area contributed by atoms with Crippen LogP contribution in [0.15, 0.2) is 24.4 Å². The van der Waals surface area contributed by atoms with Gasteiger partial charge in [0.1, 0.15) is 0 Å². The Morgan fingerprint density at radius 1 is 1.44 bits per heavy atom. The molecule has 4 heteroatoms. The molecule has 2 aromatic rings. The number of carbonyl (C=O) groups is 1. The first-order valence-electron chi connectivity index (χ1n) is 6.04. The van der Waals surface area contributed by atoms with Gasteiger partial charge in [0.05, 0.1) is 16.0 Å². The van der Waals surface area contributed by atoms with Crippen molar-refractivity contribution in [1.82, 2.24) is 4.57 Å². The zero-order valence-corrected chi connectivity index (χ0v) is 10.9. The first-order chi connectivity index (χ1) is 8.56. The summed E-state index contributed by atoms with van der Waals surface area (Å²) in [4.78, 5) is 11.6. The van der Waals surface area contributed by atoms with Crippen LogP contribution in [0.5, 0.6) is 0 Å². The van der Waals surface area contributed by atoms with E-state index in [9.17, 15) is 9.90 Å². The molecule has 0 aliphatic heterocycles. The van der Waals surface area contributed by atoms with Gasteiger partial charge in [-0.15, -0.1) is 0 Å². The van der Waals surface area contributed by atoms with Crippen molar-refractivity contribution in [2.75, 3.05) is 0 Å². The highest BCUT2D eigenvalue weighted by molar-refractivity contribution is 6.35. The first-order valence-corrected chi connectivity index (χ1v) is 6.41. The zero-order valence-electron chi connectivity index (χ0n) is 10.1. The Morgan fingerprint density at radius 3 is 2.72 bits per heavy atom. The lowest BCUT2D eigenvalue weighted by atomic mass is 9.64. The Labute approximate surface area is 110 Å². The number of aliphatic carboxylic acids is 1. The molecule has 1 fully saturated rings. The van der Waals surface area contributed by atoms with E-state index >= 15 is 0 Å². The maximum Gasteiger partial charge on any atom is 0.314 e. The quantitative estimate of drug-likeness (QED) is 0.903. The van der Waals surface area contributed by atoms with Crippen molar-refractivity contribution in [3.05, 3.63) is 35.0 Å². The van der Waals surface area contributed by atoms with Crippen LogP contribution in [0.1, 0.15) is 24.8 Å². The number of aromatic nitrogens is 1. The molecule has 3 nitrogen and oxygen atoms in total. The van der Waals surface area contributed by atoms with Crippen molar-refractivity contribution in [3.63, 3.8) is 0 Å². The fourth-order valence-corrected chi connectivity index (χ4v) is 3.23. The standard InChI is InChI=1S/C14H14ClNO2/c1-16-8-11(15)9-4-2-5-10(12(9)16)14(13(17)18)6-3-7-14/h2,4-5,8H,3,6-7H2,1H3,(H,17,18). The van der Waals surface area contributed by atoms with Crippen LogP contribution in [0.25, 0.3) is 10.9 Å². The van der Waals surface area contributed by atoms with Crippen LogP contribution < -0.4 is 0 Å². The van der Waals surface area contributed by atoms with Gasteiger partial charge in [-0.1, -0.05) is 36.2 Å². The Balaban J connectivity index is 2.33. The topological polar surface area (TPSA) is 42.2 Å². The third-order valence-corrected chi connectivity index (χ3v) is 4.39. The van der Waals surface area contributed by atoms with Gasteiger partial charge in [-0.25, -0.2) is 0 Å². The number of rotatable bonds is 2. The molecular formula is C14H14ClNO2. The van der Waals surface area contributed by atoms with Gasteiger partial charge >= 0.3 is 5.97 Å². The smallest absolute Gasteiger partial charge is 0.314 e. The van der Waals surface area contributed by atoms with E-state index in [1.807, 2.05) is 36.0 Å². The van der Waals surface area contributed by atoms with Crippen LogP contribution in [0.3, 0.4) is 0 Å². The highest BCUT2D eigenvalue weighted by Gasteiger charge is 2.47. The van der Waals surface area contributed by atoms with Crippen molar-refractivity contribution in [2.24, 2.45) is 7.05 Å². The number of fused-ring (bicyclic) bond motifs is 1. The van der Waals surface area contributed by atoms with E-state index in [1.165, 1.54) is 0 Å². The normalized spacial score (nSPS) is 17.7. The molecule has 0 spiro atoms. The van der Waals surface area contributed by atoms with E-state index in [1.54, 1.807) is 0 Å². The predicted molar refractivity (Wildman–Crippen MR) is 71.1 cm³/mol. The molecule has 0 saturated heterocycles. The van der Waals surface area contributed by atoms with Gasteiger partial charge in [-0.3, -0.25) is 4.79 Å². The molecular weight excluding hydrogens is 250 g/mol. The molecule has 1 aromatic heterocycles. The number of halogens is 1. The van der Waals surface area contributed by atoms with Gasteiger partial charge in [-0.05, 0) is 18.4 Å². The van der Waals surface area contributed by atoms with E-state index in [0.29, 0.717) is 17.9 Å². The SMILES string of the molecule is Cn1cc(Cl)c2cccc(C3(C(=O)O)CCC3)c21. The molecule has 94 valence electrons. The molecule has 0 radical (unpaired) electrons. The molecule has 0 bridgehead atoms. The summed E-state index contributed by atoms with van der Waals surface area (Å²) in [5, 5.41) is 11.2. The number of hydrogen-bond donors (Lipinski definition) is 1. The van der Waals surface area contributed by atoms with Crippen molar-refractivity contribution in [3.8, 4) is 0 Å². The molecule has 1 heterocycles. The fourth-order valence-electron chi connectivity index (χ4n) is 2.94. The second kappa shape index (κ2) is 3.75. The molecule has 1 N–H and O–H groups in total. The summed E-state index contributed by atoms with van der Waals surface area (Å²) in [6.45, 7) is 0. The molecule has 1 aliphatic rings. The lowest BCUT2D eigenvalue weighted by Gasteiger charge is -2.38. The highest BCUT2D eigenvalue weighted by Crippen LogP contribution is 2.47. The third kappa shape index (κ3) is 1.34. The van der Waals surface area contributed by atoms with Gasteiger partial charge in [0.15, 0.2) is 0 Å². The van der Waals surface area contributed by atoms with Gasteiger partial charge in [0.2, 0.25) is 0 Å². The lowest BCUT2D eigenvalue weighted by molar-refractivity contribution is -0.147. The number of para-hydroxylation sites is 1. The zero-order chi connectivity index (χ0) is 12.9. The molecule has 1 aromatic carbocycles. The number of carboxylic acid groups (broad SMARTS) is 1. The van der Waals surface area contributed by atoms with Crippen LogP contribution in [0.2, 0.25) is 5.02 Å². The van der Waals surface area contributed by atoms with Crippen molar-refractivity contribution < 1.29 is 9.90 Å². The van der Waals surface area contributed by atoms with Crippen LogP contribution >= 0.6 is 11.6 Å². The minimum Gasteiger partial charge on any atom is -0.481 e. The Bertz CT molecular complexity index is 641. The second-order valence-corrected chi connectivity index (χ2v) is 5.44. The first kappa shape index (κ1) is 11.6. The van der Waals surface area contributed by atoms with Gasteiger partial charge < -0.3 is 9.67 Å². The van der Waals surface area contributed by atoms with E-state index in [2.05, 4.69) is 0 Å². The van der Waals surface area contributed by atoms with Crippen LogP contribution in [0.4, 0.5) is 0 Å². The second-order valence-electron chi connectivity index (χ2n) is 5.03. The summed E-state index contributed by atoms with van der Waals surface area (Å²) in [7, 11) is 1.91. The van der Waals surface area contributed by atoms with Crippen molar-refractivity contribution >= 4 is 28.5 Å². The molecule has 1 saturated carbocycles. The Hall–Kier alpha value is -1.48. The lowest BCUT2D eigenvalue weighted by Crippen LogP contribution is -2.42. The minimum absolute atomic E-state index is 0.675. The maximum absolute atomic E-state index is 11.6. The predicted octanol–water partition coefficient (Wildman–Crippen LogP) is 3.34. The van der Waals surface area contributed by atoms with Crippen LogP contribution in [-0.2, 0) is 17.3 Å². The van der Waals surface area contributed by atoms with E-state index in [0.717, 1.165) is 22.9 Å². The molecule has 3 rings (SSSR count). The van der Waals surface area contributed by atoms with Crippen molar-refractivity contribution in [1.29, 1.82) is 0 Å². The Morgan fingerprint density at radius 2 is 2.17 bits per heavy atom. The molecule has 18 heavy (non-hydrogen) atoms. The van der Waals surface area contributed by atoms with Gasteiger partial charge in [0, 0.05) is 18.6 Å².